The van der Waals surface area contributed by atoms with Crippen molar-refractivity contribution < 1.29 is 9.21 Å². The number of rotatable bonds is 5. The van der Waals surface area contributed by atoms with Gasteiger partial charge in [-0.3, -0.25) is 4.79 Å². The van der Waals surface area contributed by atoms with Crippen molar-refractivity contribution in [1.29, 1.82) is 0 Å². The van der Waals surface area contributed by atoms with Gasteiger partial charge in [-0.1, -0.05) is 12.0 Å². The third-order valence-corrected chi connectivity index (χ3v) is 3.17. The molecule has 0 bridgehead atoms. The number of nitrogens with zero attached hydrogens (tertiary/aromatic N) is 3. The van der Waals surface area contributed by atoms with E-state index in [1.54, 1.807) is 0 Å². The topological polar surface area (TPSA) is 97.3 Å². The number of primary amides is 1. The maximum Gasteiger partial charge on any atom is 0.318 e. The molecule has 2 heterocycles. The van der Waals surface area contributed by atoms with Gasteiger partial charge in [-0.2, -0.15) is 0 Å². The summed E-state index contributed by atoms with van der Waals surface area (Å²) >= 11 is 0. The zero-order valence-corrected chi connectivity index (χ0v) is 10.7. The molecule has 0 aromatic carbocycles. The Hall–Kier alpha value is -1.63. The van der Waals surface area contributed by atoms with Crippen molar-refractivity contribution in [2.75, 3.05) is 24.5 Å². The van der Waals surface area contributed by atoms with Gasteiger partial charge in [0.1, 0.15) is 0 Å². The molecule has 0 radical (unpaired) electrons. The van der Waals surface area contributed by atoms with Crippen LogP contribution >= 0.6 is 0 Å². The molecule has 1 aromatic rings. The zero-order chi connectivity index (χ0) is 13.1. The minimum absolute atomic E-state index is 0.0331. The van der Waals surface area contributed by atoms with Crippen molar-refractivity contribution in [3.8, 4) is 0 Å². The molecule has 1 amide bonds. The predicted molar refractivity (Wildman–Crippen MR) is 65.9 cm³/mol. The molecule has 18 heavy (non-hydrogen) atoms. The summed E-state index contributed by atoms with van der Waals surface area (Å²) in [4.78, 5) is 13.0. The van der Waals surface area contributed by atoms with Crippen LogP contribution in [-0.4, -0.2) is 35.7 Å². The van der Waals surface area contributed by atoms with Crippen molar-refractivity contribution in [2.45, 2.75) is 26.3 Å². The van der Waals surface area contributed by atoms with E-state index in [-0.39, 0.29) is 17.9 Å². The molecule has 1 aliphatic rings. The molecule has 7 heteroatoms. The molecule has 100 valence electrons. The Morgan fingerprint density at radius 1 is 1.67 bits per heavy atom. The second-order valence-corrected chi connectivity index (χ2v) is 4.54. The molecule has 2 atom stereocenters. The lowest BCUT2D eigenvalue weighted by molar-refractivity contribution is -0.121. The van der Waals surface area contributed by atoms with Gasteiger partial charge in [0.25, 0.3) is 0 Å². The third-order valence-electron chi connectivity index (χ3n) is 3.17. The van der Waals surface area contributed by atoms with Gasteiger partial charge in [-0.15, -0.1) is 5.10 Å². The molecule has 1 aromatic heterocycles. The highest BCUT2D eigenvalue weighted by Crippen LogP contribution is 2.23. The largest absolute Gasteiger partial charge is 0.406 e. The summed E-state index contributed by atoms with van der Waals surface area (Å²) in [6.45, 7) is 6.12. The maximum absolute atomic E-state index is 11.1. The number of carbonyl (C=O) groups is 1. The molecule has 0 aliphatic carbocycles. The Labute approximate surface area is 106 Å². The minimum atomic E-state index is -0.266. The second kappa shape index (κ2) is 5.34. The van der Waals surface area contributed by atoms with E-state index in [1.165, 1.54) is 0 Å². The fourth-order valence-electron chi connectivity index (χ4n) is 2.09. The maximum atomic E-state index is 11.1. The van der Waals surface area contributed by atoms with Crippen LogP contribution in [-0.2, 0) is 4.79 Å². The number of nitrogens with one attached hydrogen (secondary N) is 1. The molecule has 2 unspecified atom stereocenters. The van der Waals surface area contributed by atoms with Crippen LogP contribution in [0.4, 0.5) is 6.01 Å². The van der Waals surface area contributed by atoms with Crippen molar-refractivity contribution >= 4 is 11.9 Å². The fraction of sp³-hybridized carbons (Fsp3) is 0.727. The molecule has 1 aliphatic heterocycles. The van der Waals surface area contributed by atoms with Crippen LogP contribution in [0.25, 0.3) is 0 Å². The molecule has 1 saturated heterocycles. The SMILES string of the molecule is CCNC(C)c1nnc(N2CCC(C(N)=O)C2)o1. The summed E-state index contributed by atoms with van der Waals surface area (Å²) < 4.78 is 5.60. The van der Waals surface area contributed by atoms with Crippen LogP contribution in [0.3, 0.4) is 0 Å². The first-order chi connectivity index (χ1) is 8.61. The van der Waals surface area contributed by atoms with Crippen molar-refractivity contribution in [3.63, 3.8) is 0 Å². The first kappa shape index (κ1) is 12.8. The van der Waals surface area contributed by atoms with Crippen LogP contribution in [0.2, 0.25) is 0 Å². The van der Waals surface area contributed by atoms with Gasteiger partial charge < -0.3 is 20.4 Å². The summed E-state index contributed by atoms with van der Waals surface area (Å²) in [5.41, 5.74) is 5.29. The molecule has 7 nitrogen and oxygen atoms in total. The average Bonchev–Trinajstić information content (AvgIpc) is 2.98. The van der Waals surface area contributed by atoms with E-state index in [0.717, 1.165) is 19.5 Å². The number of nitrogens with two attached hydrogens (primary N) is 1. The van der Waals surface area contributed by atoms with Crippen molar-refractivity contribution in [1.82, 2.24) is 15.5 Å². The molecule has 3 N–H and O–H groups in total. The fourth-order valence-corrected chi connectivity index (χ4v) is 2.09. The van der Waals surface area contributed by atoms with Crippen LogP contribution < -0.4 is 16.0 Å². The number of aromatic nitrogens is 2. The Kier molecular flexibility index (Phi) is 3.81. The van der Waals surface area contributed by atoms with Crippen LogP contribution in [0.1, 0.15) is 32.2 Å². The first-order valence-electron chi connectivity index (χ1n) is 6.22. The number of hydrogen-bond donors (Lipinski definition) is 2. The van der Waals surface area contributed by atoms with Crippen molar-refractivity contribution in [3.05, 3.63) is 5.89 Å². The summed E-state index contributed by atoms with van der Waals surface area (Å²) in [5, 5.41) is 11.2. The first-order valence-corrected chi connectivity index (χ1v) is 6.22. The molecule has 0 spiro atoms. The van der Waals surface area contributed by atoms with Crippen molar-refractivity contribution in [2.24, 2.45) is 11.7 Å². The Bertz CT molecular complexity index is 419. The normalized spacial score (nSPS) is 21.2. The lowest BCUT2D eigenvalue weighted by Gasteiger charge is -2.12. The molecule has 0 saturated carbocycles. The van der Waals surface area contributed by atoms with E-state index in [0.29, 0.717) is 18.5 Å². The van der Waals surface area contributed by atoms with Gasteiger partial charge in [-0.05, 0) is 19.9 Å². The van der Waals surface area contributed by atoms with E-state index in [9.17, 15) is 4.79 Å². The molecule has 1 fully saturated rings. The Balaban J connectivity index is 2.00. The average molecular weight is 253 g/mol. The molecule has 2 rings (SSSR count). The van der Waals surface area contributed by atoms with E-state index in [1.807, 2.05) is 18.7 Å². The number of amides is 1. The quantitative estimate of drug-likeness (QED) is 0.769. The highest BCUT2D eigenvalue weighted by atomic mass is 16.4. The number of carbonyl (C=O) groups excluding carboxylic acids is 1. The van der Waals surface area contributed by atoms with Gasteiger partial charge in [0.15, 0.2) is 0 Å². The van der Waals surface area contributed by atoms with Crippen LogP contribution in [0.5, 0.6) is 0 Å². The summed E-state index contributed by atoms with van der Waals surface area (Å²) in [6, 6.07) is 0.504. The van der Waals surface area contributed by atoms with Crippen LogP contribution in [0, 0.1) is 5.92 Å². The Morgan fingerprint density at radius 3 is 3.06 bits per heavy atom. The predicted octanol–water partition coefficient (Wildman–Crippen LogP) is 0.0517. The summed E-state index contributed by atoms with van der Waals surface area (Å²) in [7, 11) is 0. The van der Waals surface area contributed by atoms with E-state index < -0.39 is 0 Å². The molecular formula is C11H19N5O2. The van der Waals surface area contributed by atoms with Gasteiger partial charge >= 0.3 is 6.01 Å². The number of hydrogen-bond acceptors (Lipinski definition) is 6. The number of anilines is 1. The van der Waals surface area contributed by atoms with Crippen LogP contribution in [0.15, 0.2) is 4.42 Å². The second-order valence-electron chi connectivity index (χ2n) is 4.54. The minimum Gasteiger partial charge on any atom is -0.406 e. The van der Waals surface area contributed by atoms with E-state index in [4.69, 9.17) is 10.2 Å². The Morgan fingerprint density at radius 2 is 2.44 bits per heavy atom. The van der Waals surface area contributed by atoms with Gasteiger partial charge in [-0.25, -0.2) is 0 Å². The van der Waals surface area contributed by atoms with E-state index in [2.05, 4.69) is 15.5 Å². The monoisotopic (exact) mass is 253 g/mol. The lowest BCUT2D eigenvalue weighted by atomic mass is 10.1. The molecular weight excluding hydrogens is 234 g/mol. The zero-order valence-electron chi connectivity index (χ0n) is 10.7. The third kappa shape index (κ3) is 2.61. The van der Waals surface area contributed by atoms with Gasteiger partial charge in [0.2, 0.25) is 11.8 Å². The highest BCUT2D eigenvalue weighted by Gasteiger charge is 2.29. The standard InChI is InChI=1S/C11H19N5O2/c1-3-13-7(2)10-14-15-11(18-10)16-5-4-8(6-16)9(12)17/h7-8,13H,3-6H2,1-2H3,(H2,12,17). The highest BCUT2D eigenvalue weighted by molar-refractivity contribution is 5.77. The van der Waals surface area contributed by atoms with Gasteiger partial charge in [0.05, 0.1) is 12.0 Å². The van der Waals surface area contributed by atoms with Gasteiger partial charge in [0, 0.05) is 13.1 Å². The lowest BCUT2D eigenvalue weighted by Crippen LogP contribution is -2.27. The summed E-state index contributed by atoms with van der Waals surface area (Å²) in [6.07, 6.45) is 0.746. The smallest absolute Gasteiger partial charge is 0.318 e. The summed E-state index contributed by atoms with van der Waals surface area (Å²) in [5.74, 6) is 0.180. The van der Waals surface area contributed by atoms with E-state index >= 15 is 0 Å².